The highest BCUT2D eigenvalue weighted by atomic mass is 16.2. The molecular formula is C18H19NO2. The van der Waals surface area contributed by atoms with Crippen LogP contribution in [0.4, 0.5) is 0 Å². The van der Waals surface area contributed by atoms with E-state index in [1.54, 1.807) is 24.3 Å². The number of carbonyl (C=O) groups is 2. The third-order valence-corrected chi connectivity index (χ3v) is 4.77. The smallest absolute Gasteiger partial charge is 0.261 e. The number of nitrogens with zero attached hydrogens (tertiary/aromatic N) is 1. The number of benzene rings is 1. The molecule has 108 valence electrons. The standard InChI is InChI=1S/C18H19NO2/c1-4-18(9-10-18)15(12(2)3)11-19-16(20)13-7-5-6-8-14(13)17(19)21/h4-8,15H,1-2,9-11H2,3H3. The van der Waals surface area contributed by atoms with Crippen molar-refractivity contribution in [2.24, 2.45) is 11.3 Å². The van der Waals surface area contributed by atoms with Gasteiger partial charge in [0.05, 0.1) is 11.1 Å². The zero-order chi connectivity index (χ0) is 15.2. The van der Waals surface area contributed by atoms with Gasteiger partial charge in [0.1, 0.15) is 0 Å². The van der Waals surface area contributed by atoms with Crippen LogP contribution in [0.15, 0.2) is 49.1 Å². The Morgan fingerprint density at radius 1 is 1.29 bits per heavy atom. The summed E-state index contributed by atoms with van der Waals surface area (Å²) in [5.41, 5.74) is 2.03. The van der Waals surface area contributed by atoms with Crippen molar-refractivity contribution in [1.82, 2.24) is 4.90 Å². The molecule has 1 unspecified atom stereocenters. The molecule has 2 aliphatic rings. The zero-order valence-corrected chi connectivity index (χ0v) is 12.3. The fourth-order valence-electron chi connectivity index (χ4n) is 3.26. The Bertz CT molecular complexity index is 620. The number of fused-ring (bicyclic) bond motifs is 1. The maximum absolute atomic E-state index is 12.5. The summed E-state index contributed by atoms with van der Waals surface area (Å²) in [6.45, 7) is 10.3. The zero-order valence-electron chi connectivity index (χ0n) is 12.3. The number of imide groups is 1. The minimum atomic E-state index is -0.193. The number of allylic oxidation sites excluding steroid dienone is 1. The molecule has 2 amide bonds. The van der Waals surface area contributed by atoms with Crippen LogP contribution in [0.3, 0.4) is 0 Å². The molecule has 0 bridgehead atoms. The molecule has 1 aromatic rings. The van der Waals surface area contributed by atoms with Gasteiger partial charge in [-0.3, -0.25) is 14.5 Å². The number of hydrogen-bond acceptors (Lipinski definition) is 2. The molecule has 1 fully saturated rings. The number of rotatable bonds is 5. The van der Waals surface area contributed by atoms with Crippen molar-refractivity contribution in [2.45, 2.75) is 19.8 Å². The van der Waals surface area contributed by atoms with Gasteiger partial charge in [0.2, 0.25) is 0 Å². The Balaban J connectivity index is 1.89. The summed E-state index contributed by atoms with van der Waals surface area (Å²) in [5.74, 6) is -0.291. The van der Waals surface area contributed by atoms with Crippen molar-refractivity contribution in [2.75, 3.05) is 6.54 Å². The van der Waals surface area contributed by atoms with Crippen LogP contribution in [0.2, 0.25) is 0 Å². The molecule has 0 aromatic heterocycles. The van der Waals surface area contributed by atoms with Crippen molar-refractivity contribution in [3.05, 3.63) is 60.2 Å². The fourth-order valence-corrected chi connectivity index (χ4v) is 3.26. The molecule has 1 saturated carbocycles. The van der Waals surface area contributed by atoms with Crippen LogP contribution < -0.4 is 0 Å². The number of carbonyl (C=O) groups excluding carboxylic acids is 2. The predicted molar refractivity (Wildman–Crippen MR) is 82.0 cm³/mol. The molecule has 1 heterocycles. The first-order valence-electron chi connectivity index (χ1n) is 7.24. The van der Waals surface area contributed by atoms with Crippen LogP contribution in [0.25, 0.3) is 0 Å². The van der Waals surface area contributed by atoms with Crippen molar-refractivity contribution in [3.8, 4) is 0 Å². The van der Waals surface area contributed by atoms with Crippen LogP contribution in [0.5, 0.6) is 0 Å². The lowest BCUT2D eigenvalue weighted by atomic mass is 9.83. The van der Waals surface area contributed by atoms with E-state index >= 15 is 0 Å². The van der Waals surface area contributed by atoms with Gasteiger partial charge in [-0.1, -0.05) is 30.4 Å². The van der Waals surface area contributed by atoms with E-state index in [4.69, 9.17) is 0 Å². The summed E-state index contributed by atoms with van der Waals surface area (Å²) < 4.78 is 0. The summed E-state index contributed by atoms with van der Waals surface area (Å²) >= 11 is 0. The van der Waals surface area contributed by atoms with Gasteiger partial charge in [-0.15, -0.1) is 6.58 Å². The number of amides is 2. The van der Waals surface area contributed by atoms with Gasteiger partial charge in [-0.25, -0.2) is 0 Å². The van der Waals surface area contributed by atoms with E-state index in [9.17, 15) is 9.59 Å². The first-order chi connectivity index (χ1) is 10.00. The molecule has 21 heavy (non-hydrogen) atoms. The summed E-state index contributed by atoms with van der Waals surface area (Å²) in [6.07, 6.45) is 4.07. The second-order valence-corrected chi connectivity index (χ2v) is 6.10. The van der Waals surface area contributed by atoms with Gasteiger partial charge in [0, 0.05) is 12.5 Å². The molecular weight excluding hydrogens is 262 g/mol. The molecule has 1 aliphatic carbocycles. The van der Waals surface area contributed by atoms with Crippen molar-refractivity contribution >= 4 is 11.8 Å². The van der Waals surface area contributed by atoms with Crippen LogP contribution in [-0.4, -0.2) is 23.3 Å². The Hall–Kier alpha value is -2.16. The molecule has 0 radical (unpaired) electrons. The summed E-state index contributed by atoms with van der Waals surface area (Å²) in [4.78, 5) is 26.3. The molecule has 0 N–H and O–H groups in total. The SMILES string of the molecule is C=CC1(C(CN2C(=O)c3ccccc3C2=O)C(=C)C)CC1. The number of hydrogen-bond donors (Lipinski definition) is 0. The van der Waals surface area contributed by atoms with Crippen LogP contribution in [0, 0.1) is 11.3 Å². The Morgan fingerprint density at radius 2 is 1.81 bits per heavy atom. The lowest BCUT2D eigenvalue weighted by Gasteiger charge is -2.28. The summed E-state index contributed by atoms with van der Waals surface area (Å²) in [6, 6.07) is 7.00. The third kappa shape index (κ3) is 2.04. The van der Waals surface area contributed by atoms with Gasteiger partial charge in [0.25, 0.3) is 11.8 Å². The summed E-state index contributed by atoms with van der Waals surface area (Å²) in [5, 5.41) is 0. The van der Waals surface area contributed by atoms with Gasteiger partial charge in [0.15, 0.2) is 0 Å². The highest BCUT2D eigenvalue weighted by Gasteiger charge is 2.49. The highest BCUT2D eigenvalue weighted by molar-refractivity contribution is 6.21. The molecule has 3 rings (SSSR count). The topological polar surface area (TPSA) is 37.4 Å². The normalized spacial score (nSPS) is 20.1. The van der Waals surface area contributed by atoms with E-state index in [0.717, 1.165) is 18.4 Å². The van der Waals surface area contributed by atoms with Crippen LogP contribution in [-0.2, 0) is 0 Å². The fraction of sp³-hybridized carbons (Fsp3) is 0.333. The largest absolute Gasteiger partial charge is 0.274 e. The van der Waals surface area contributed by atoms with Gasteiger partial charge >= 0.3 is 0 Å². The van der Waals surface area contributed by atoms with Gasteiger partial charge in [-0.05, 0) is 37.3 Å². The minimum absolute atomic E-state index is 0.0150. The van der Waals surface area contributed by atoms with Crippen molar-refractivity contribution < 1.29 is 9.59 Å². The van der Waals surface area contributed by atoms with Gasteiger partial charge < -0.3 is 0 Å². The van der Waals surface area contributed by atoms with Crippen LogP contribution >= 0.6 is 0 Å². The second kappa shape index (κ2) is 4.69. The van der Waals surface area contributed by atoms with E-state index in [2.05, 4.69) is 13.2 Å². The molecule has 0 saturated heterocycles. The lowest BCUT2D eigenvalue weighted by Crippen LogP contribution is -2.37. The van der Waals surface area contributed by atoms with Crippen LogP contribution in [0.1, 0.15) is 40.5 Å². The van der Waals surface area contributed by atoms with E-state index < -0.39 is 0 Å². The van der Waals surface area contributed by atoms with E-state index in [-0.39, 0.29) is 23.1 Å². The average Bonchev–Trinajstić information content (AvgIpc) is 3.23. The van der Waals surface area contributed by atoms with Crippen molar-refractivity contribution in [1.29, 1.82) is 0 Å². The Morgan fingerprint density at radius 3 is 2.19 bits per heavy atom. The predicted octanol–water partition coefficient (Wildman–Crippen LogP) is 3.44. The quantitative estimate of drug-likeness (QED) is 0.612. The molecule has 1 atom stereocenters. The second-order valence-electron chi connectivity index (χ2n) is 6.10. The van der Waals surface area contributed by atoms with Gasteiger partial charge in [-0.2, -0.15) is 0 Å². The molecule has 3 nitrogen and oxygen atoms in total. The van der Waals surface area contributed by atoms with E-state index in [1.807, 2.05) is 13.0 Å². The third-order valence-electron chi connectivity index (χ3n) is 4.77. The minimum Gasteiger partial charge on any atom is -0.274 e. The first kappa shape index (κ1) is 13.8. The van der Waals surface area contributed by atoms with Crippen molar-refractivity contribution in [3.63, 3.8) is 0 Å². The summed E-state index contributed by atoms with van der Waals surface area (Å²) in [7, 11) is 0. The lowest BCUT2D eigenvalue weighted by molar-refractivity contribution is 0.0624. The van der Waals surface area contributed by atoms with E-state index in [1.165, 1.54) is 4.90 Å². The molecule has 1 aliphatic heterocycles. The molecule has 3 heteroatoms. The first-order valence-corrected chi connectivity index (χ1v) is 7.24. The molecule has 1 aromatic carbocycles. The van der Waals surface area contributed by atoms with E-state index in [0.29, 0.717) is 17.7 Å². The highest BCUT2D eigenvalue weighted by Crippen LogP contribution is 2.55. The average molecular weight is 281 g/mol. The Kier molecular flexibility index (Phi) is 3.08. The Labute approximate surface area is 125 Å². The monoisotopic (exact) mass is 281 g/mol. The maximum Gasteiger partial charge on any atom is 0.261 e. The molecule has 0 spiro atoms. The maximum atomic E-state index is 12.5.